The number of phenols is 1. The summed E-state index contributed by atoms with van der Waals surface area (Å²) in [5, 5.41) is 23.1. The predicted octanol–water partition coefficient (Wildman–Crippen LogP) is 4.65. The van der Waals surface area contributed by atoms with Crippen molar-refractivity contribution in [3.8, 4) is 28.6 Å². The summed E-state index contributed by atoms with van der Waals surface area (Å²) in [6, 6.07) is 22.2. The number of amides is 1. The Morgan fingerprint density at radius 2 is 1.91 bits per heavy atom. The molecule has 0 aliphatic heterocycles. The molecule has 0 saturated heterocycles. The van der Waals surface area contributed by atoms with E-state index in [1.165, 1.54) is 18.0 Å². The second kappa shape index (κ2) is 11.0. The Hall–Kier alpha value is -3.63. The number of nitrogens with zero attached hydrogens (tertiary/aromatic N) is 4. The number of carbonyl (C=O) groups excluding carboxylic acids is 1. The van der Waals surface area contributed by atoms with E-state index in [0.717, 1.165) is 21.5 Å². The summed E-state index contributed by atoms with van der Waals surface area (Å²) >= 11 is 4.58. The highest BCUT2D eigenvalue weighted by molar-refractivity contribution is 9.10. The number of rotatable bonds is 8. The van der Waals surface area contributed by atoms with E-state index in [0.29, 0.717) is 16.5 Å². The molecule has 0 radical (unpaired) electrons. The summed E-state index contributed by atoms with van der Waals surface area (Å²) in [7, 11) is 1.62. The van der Waals surface area contributed by atoms with Gasteiger partial charge in [0.15, 0.2) is 11.0 Å². The molecule has 0 bridgehead atoms. The van der Waals surface area contributed by atoms with E-state index in [-0.39, 0.29) is 17.4 Å². The molecule has 0 fully saturated rings. The first-order valence-electron chi connectivity index (χ1n) is 10.1. The number of halogens is 1. The minimum absolute atomic E-state index is 0.0672. The zero-order valence-electron chi connectivity index (χ0n) is 18.1. The lowest BCUT2D eigenvalue weighted by molar-refractivity contribution is -0.118. The molecule has 34 heavy (non-hydrogen) atoms. The predicted molar refractivity (Wildman–Crippen MR) is 136 cm³/mol. The third-order valence-corrected chi connectivity index (χ3v) is 6.13. The molecule has 4 rings (SSSR count). The highest BCUT2D eigenvalue weighted by Crippen LogP contribution is 2.29. The Morgan fingerprint density at radius 1 is 1.15 bits per heavy atom. The molecule has 1 heterocycles. The van der Waals surface area contributed by atoms with E-state index < -0.39 is 0 Å². The maximum Gasteiger partial charge on any atom is 0.250 e. The number of phenolic OH excluding ortho intramolecular Hbond substituents is 1. The molecular weight excluding hydrogens is 518 g/mol. The Kier molecular flexibility index (Phi) is 7.61. The molecule has 2 N–H and O–H groups in total. The van der Waals surface area contributed by atoms with E-state index >= 15 is 0 Å². The van der Waals surface area contributed by atoms with Crippen LogP contribution in [0.1, 0.15) is 5.56 Å². The van der Waals surface area contributed by atoms with Gasteiger partial charge in [-0.1, -0.05) is 45.9 Å². The number of hydrazone groups is 1. The van der Waals surface area contributed by atoms with Crippen LogP contribution in [-0.2, 0) is 4.79 Å². The quantitative estimate of drug-likeness (QED) is 0.192. The Morgan fingerprint density at radius 3 is 2.65 bits per heavy atom. The van der Waals surface area contributed by atoms with Gasteiger partial charge in [0.05, 0.1) is 19.1 Å². The van der Waals surface area contributed by atoms with Gasteiger partial charge < -0.3 is 9.84 Å². The van der Waals surface area contributed by atoms with Gasteiger partial charge in [-0.3, -0.25) is 9.36 Å². The van der Waals surface area contributed by atoms with E-state index in [1.54, 1.807) is 25.3 Å². The van der Waals surface area contributed by atoms with Crippen LogP contribution in [0.4, 0.5) is 0 Å². The summed E-state index contributed by atoms with van der Waals surface area (Å²) in [5.74, 6) is 1.23. The molecular formula is C24H20BrN5O3S. The van der Waals surface area contributed by atoms with Crippen LogP contribution in [0.25, 0.3) is 17.1 Å². The van der Waals surface area contributed by atoms with Crippen LogP contribution in [0, 0.1) is 0 Å². The van der Waals surface area contributed by atoms with Crippen molar-refractivity contribution in [3.05, 3.63) is 82.8 Å². The number of aromatic hydroxyl groups is 1. The first-order chi connectivity index (χ1) is 16.5. The summed E-state index contributed by atoms with van der Waals surface area (Å²) < 4.78 is 7.94. The summed E-state index contributed by atoms with van der Waals surface area (Å²) in [6.45, 7) is 0. The minimum Gasteiger partial charge on any atom is -0.507 e. The van der Waals surface area contributed by atoms with Crippen LogP contribution in [0.2, 0.25) is 0 Å². The maximum atomic E-state index is 12.4. The largest absolute Gasteiger partial charge is 0.507 e. The lowest BCUT2D eigenvalue weighted by Gasteiger charge is -2.10. The minimum atomic E-state index is -0.315. The molecule has 0 atom stereocenters. The lowest BCUT2D eigenvalue weighted by atomic mass is 10.2. The number of hydrogen-bond acceptors (Lipinski definition) is 7. The normalized spacial score (nSPS) is 11.0. The van der Waals surface area contributed by atoms with E-state index in [4.69, 9.17) is 4.74 Å². The van der Waals surface area contributed by atoms with Gasteiger partial charge in [0, 0.05) is 21.3 Å². The monoisotopic (exact) mass is 537 g/mol. The average Bonchev–Trinajstić information content (AvgIpc) is 3.29. The SMILES string of the molecule is COc1ccc(-c2nnc(SCC(=O)N/N=C/c3cc(Br)ccc3O)n2-c2ccccc2)cc1. The summed E-state index contributed by atoms with van der Waals surface area (Å²) in [4.78, 5) is 12.4. The first-order valence-corrected chi connectivity index (χ1v) is 11.9. The van der Waals surface area contributed by atoms with Crippen LogP contribution in [0.3, 0.4) is 0 Å². The molecule has 1 aromatic heterocycles. The van der Waals surface area contributed by atoms with E-state index in [2.05, 4.69) is 36.7 Å². The molecule has 1 amide bonds. The van der Waals surface area contributed by atoms with Crippen LogP contribution < -0.4 is 10.2 Å². The molecule has 0 aliphatic carbocycles. The smallest absolute Gasteiger partial charge is 0.250 e. The Bertz CT molecular complexity index is 1310. The summed E-state index contributed by atoms with van der Waals surface area (Å²) in [5.41, 5.74) is 4.70. The second-order valence-electron chi connectivity index (χ2n) is 6.99. The maximum absolute atomic E-state index is 12.4. The molecule has 8 nitrogen and oxygen atoms in total. The van der Waals surface area contributed by atoms with E-state index in [9.17, 15) is 9.90 Å². The van der Waals surface area contributed by atoms with Crippen molar-refractivity contribution in [1.82, 2.24) is 20.2 Å². The molecule has 172 valence electrons. The zero-order valence-corrected chi connectivity index (χ0v) is 20.5. The van der Waals surface area contributed by atoms with Gasteiger partial charge in [0.2, 0.25) is 0 Å². The van der Waals surface area contributed by atoms with Crippen LogP contribution in [-0.4, -0.2) is 44.9 Å². The van der Waals surface area contributed by atoms with Crippen molar-refractivity contribution in [1.29, 1.82) is 0 Å². The standard InChI is InChI=1S/C24H20BrN5O3S/c1-33-20-10-7-16(8-11-20)23-28-29-24(30(23)19-5-3-2-4-6-19)34-15-22(32)27-26-14-17-13-18(25)9-12-21(17)31/h2-14,31H,15H2,1H3,(H,27,32)/b26-14+. The van der Waals surface area contributed by atoms with Crippen molar-refractivity contribution in [3.63, 3.8) is 0 Å². The number of hydrogen-bond donors (Lipinski definition) is 2. The fourth-order valence-corrected chi connectivity index (χ4v) is 4.19. The fourth-order valence-electron chi connectivity index (χ4n) is 3.07. The highest BCUT2D eigenvalue weighted by atomic mass is 79.9. The molecule has 10 heteroatoms. The number of methoxy groups -OCH3 is 1. The summed E-state index contributed by atoms with van der Waals surface area (Å²) in [6.07, 6.45) is 1.39. The number of benzene rings is 3. The number of ether oxygens (including phenoxy) is 1. The molecule has 0 spiro atoms. The average molecular weight is 538 g/mol. The van der Waals surface area contributed by atoms with Crippen molar-refractivity contribution in [2.24, 2.45) is 5.10 Å². The molecule has 4 aromatic rings. The Balaban J connectivity index is 1.50. The lowest BCUT2D eigenvalue weighted by Crippen LogP contribution is -2.20. The van der Waals surface area contributed by atoms with Crippen LogP contribution in [0.5, 0.6) is 11.5 Å². The van der Waals surface area contributed by atoms with Crippen molar-refractivity contribution >= 4 is 39.8 Å². The third kappa shape index (κ3) is 5.64. The highest BCUT2D eigenvalue weighted by Gasteiger charge is 2.17. The number of thioether (sulfide) groups is 1. The number of carbonyl (C=O) groups is 1. The van der Waals surface area contributed by atoms with Crippen molar-refractivity contribution < 1.29 is 14.6 Å². The van der Waals surface area contributed by atoms with Gasteiger partial charge in [0.25, 0.3) is 5.91 Å². The first kappa shape index (κ1) is 23.5. The van der Waals surface area contributed by atoms with Gasteiger partial charge >= 0.3 is 0 Å². The molecule has 0 saturated carbocycles. The third-order valence-electron chi connectivity index (χ3n) is 4.71. The molecule has 0 aliphatic rings. The van der Waals surface area contributed by atoms with Gasteiger partial charge in [-0.2, -0.15) is 5.10 Å². The second-order valence-corrected chi connectivity index (χ2v) is 8.85. The molecule has 0 unspecified atom stereocenters. The fraction of sp³-hybridized carbons (Fsp3) is 0.0833. The van der Waals surface area contributed by atoms with Gasteiger partial charge in [-0.05, 0) is 54.6 Å². The van der Waals surface area contributed by atoms with Crippen molar-refractivity contribution in [2.45, 2.75) is 5.16 Å². The zero-order chi connectivity index (χ0) is 23.9. The van der Waals surface area contributed by atoms with Crippen LogP contribution >= 0.6 is 27.7 Å². The van der Waals surface area contributed by atoms with Gasteiger partial charge in [0.1, 0.15) is 11.5 Å². The molecule has 3 aromatic carbocycles. The number of aromatic nitrogens is 3. The number of nitrogens with one attached hydrogen (secondary N) is 1. The van der Waals surface area contributed by atoms with E-state index in [1.807, 2.05) is 59.2 Å². The van der Waals surface area contributed by atoms with Gasteiger partial charge in [-0.15, -0.1) is 10.2 Å². The Labute approximate surface area is 208 Å². The van der Waals surface area contributed by atoms with Gasteiger partial charge in [-0.25, -0.2) is 5.43 Å². The topological polar surface area (TPSA) is 102 Å². The van der Waals surface area contributed by atoms with Crippen molar-refractivity contribution in [2.75, 3.05) is 12.9 Å². The van der Waals surface area contributed by atoms with Crippen LogP contribution in [0.15, 0.2) is 87.5 Å². The number of para-hydroxylation sites is 1.